The van der Waals surface area contributed by atoms with Gasteiger partial charge in [0, 0.05) is 0 Å². The highest BCUT2D eigenvalue weighted by Gasteiger charge is 2.30. The Kier molecular flexibility index (Phi) is 4.60. The molecule has 0 atom stereocenters. The molecule has 98 valence electrons. The summed E-state index contributed by atoms with van der Waals surface area (Å²) in [6.07, 6.45) is 2.18. The Labute approximate surface area is 114 Å². The average Bonchev–Trinajstić information content (AvgIpc) is 2.13. The van der Waals surface area contributed by atoms with E-state index in [1.165, 1.54) is 11.1 Å². The largest absolute Gasteiger partial charge is 0.130 e. The van der Waals surface area contributed by atoms with Gasteiger partial charge in [0.25, 0.3) is 0 Å². The minimum Gasteiger partial charge on any atom is -0.130 e. The maximum absolute atomic E-state index is 3.66. The third kappa shape index (κ3) is 4.45. The molecule has 1 aromatic carbocycles. The minimum absolute atomic E-state index is 1.25. The summed E-state index contributed by atoms with van der Waals surface area (Å²) in [4.78, 5) is 1.64. The van der Waals surface area contributed by atoms with Crippen LogP contribution in [0.15, 0.2) is 34.8 Å². The third-order valence-electron chi connectivity index (χ3n) is 2.93. The molecule has 0 unspecified atom stereocenters. The Bertz CT molecular complexity index is 463. The normalized spacial score (nSPS) is 11.9. The van der Waals surface area contributed by atoms with Gasteiger partial charge in [0.2, 0.25) is 0 Å². The third-order valence-corrected chi connectivity index (χ3v) is 10.7. The molecule has 0 saturated carbocycles. The van der Waals surface area contributed by atoms with Crippen LogP contribution in [0.4, 0.5) is 0 Å². The van der Waals surface area contributed by atoms with Crippen LogP contribution in [0, 0.1) is 6.92 Å². The van der Waals surface area contributed by atoms with Crippen LogP contribution in [0.25, 0.3) is 6.08 Å². The molecule has 1 aromatic rings. The van der Waals surface area contributed by atoms with Gasteiger partial charge in [-0.15, -0.1) is 5.73 Å². The Hall–Kier alpha value is -0.826. The van der Waals surface area contributed by atoms with Gasteiger partial charge < -0.3 is 0 Å². The molecule has 2 heteroatoms. The van der Waals surface area contributed by atoms with Crippen LogP contribution in [-0.4, -0.2) is 16.1 Å². The van der Waals surface area contributed by atoms with Crippen molar-refractivity contribution >= 4 is 22.2 Å². The first-order valence-corrected chi connectivity index (χ1v) is 13.6. The number of aryl methyl sites for hydroxylation is 1. The van der Waals surface area contributed by atoms with Gasteiger partial charge in [-0.25, -0.2) is 0 Å². The van der Waals surface area contributed by atoms with E-state index in [2.05, 4.69) is 82.3 Å². The number of benzene rings is 1. The molecule has 0 aliphatic heterocycles. The van der Waals surface area contributed by atoms with E-state index in [-0.39, 0.29) is 0 Å². The quantitative estimate of drug-likeness (QED) is 0.519. The van der Waals surface area contributed by atoms with Crippen LogP contribution < -0.4 is 0 Å². The highest BCUT2D eigenvalue weighted by molar-refractivity contribution is 7.04. The molecule has 0 spiro atoms. The van der Waals surface area contributed by atoms with Crippen molar-refractivity contribution in [1.29, 1.82) is 0 Å². The first-order chi connectivity index (χ1) is 8.10. The molecule has 0 nitrogen and oxygen atoms in total. The molecule has 18 heavy (non-hydrogen) atoms. The lowest BCUT2D eigenvalue weighted by molar-refractivity contribution is 1.46. The Morgan fingerprint density at radius 1 is 1.00 bits per heavy atom. The molecule has 0 saturated heterocycles. The van der Waals surface area contributed by atoms with Crippen molar-refractivity contribution < 1.29 is 0 Å². The minimum atomic E-state index is -1.25. The van der Waals surface area contributed by atoms with Crippen LogP contribution in [0.2, 0.25) is 39.3 Å². The molecule has 0 amide bonds. The second-order valence-electron chi connectivity index (χ2n) is 7.08. The van der Waals surface area contributed by atoms with Gasteiger partial charge in [0.05, 0.1) is 16.1 Å². The number of hydrogen-bond acceptors (Lipinski definition) is 0. The second-order valence-corrected chi connectivity index (χ2v) is 17.6. The summed E-state index contributed by atoms with van der Waals surface area (Å²) in [6, 6.07) is 8.63. The van der Waals surface area contributed by atoms with Crippen molar-refractivity contribution in [1.82, 2.24) is 0 Å². The van der Waals surface area contributed by atoms with E-state index in [1.807, 2.05) is 0 Å². The SMILES string of the molecule is Cc1cccc(C=C=C([Si](C)(C)C)[Si](C)(C)C)c1. The summed E-state index contributed by atoms with van der Waals surface area (Å²) in [5, 5.41) is 0. The zero-order valence-electron chi connectivity index (χ0n) is 12.9. The van der Waals surface area contributed by atoms with Crippen LogP contribution in [0.3, 0.4) is 0 Å². The lowest BCUT2D eigenvalue weighted by atomic mass is 10.1. The van der Waals surface area contributed by atoms with E-state index in [9.17, 15) is 0 Å². The zero-order valence-corrected chi connectivity index (χ0v) is 14.9. The molecule has 0 heterocycles. The Morgan fingerprint density at radius 2 is 1.56 bits per heavy atom. The fourth-order valence-electron chi connectivity index (χ4n) is 2.47. The molecule has 0 fully saturated rings. The molecule has 1 rings (SSSR count). The van der Waals surface area contributed by atoms with Crippen LogP contribution in [0.1, 0.15) is 11.1 Å². The van der Waals surface area contributed by atoms with Crippen LogP contribution in [0.5, 0.6) is 0 Å². The van der Waals surface area contributed by atoms with Crippen LogP contribution in [-0.2, 0) is 0 Å². The molecule has 0 N–H and O–H groups in total. The predicted molar refractivity (Wildman–Crippen MR) is 89.4 cm³/mol. The highest BCUT2D eigenvalue weighted by Crippen LogP contribution is 2.24. The van der Waals surface area contributed by atoms with Crippen molar-refractivity contribution in [2.75, 3.05) is 0 Å². The highest BCUT2D eigenvalue weighted by atomic mass is 28.4. The summed E-state index contributed by atoms with van der Waals surface area (Å²) in [6.45, 7) is 16.7. The van der Waals surface area contributed by atoms with Crippen molar-refractivity contribution in [3.8, 4) is 0 Å². The zero-order chi connectivity index (χ0) is 14.0. The summed E-state index contributed by atoms with van der Waals surface area (Å²) in [5.41, 5.74) is 6.24. The molecule has 0 aliphatic carbocycles. The van der Waals surface area contributed by atoms with Gasteiger partial charge in [0.1, 0.15) is 0 Å². The van der Waals surface area contributed by atoms with E-state index in [0.717, 1.165) is 0 Å². The van der Waals surface area contributed by atoms with E-state index in [1.54, 1.807) is 4.82 Å². The lowest BCUT2D eigenvalue weighted by Crippen LogP contribution is -2.39. The van der Waals surface area contributed by atoms with Gasteiger partial charge >= 0.3 is 0 Å². The average molecular weight is 275 g/mol. The van der Waals surface area contributed by atoms with Gasteiger partial charge in [-0.1, -0.05) is 73.9 Å². The molecule has 0 aliphatic rings. The molecular weight excluding hydrogens is 248 g/mol. The first kappa shape index (κ1) is 15.2. The molecular formula is C16H26Si2. The first-order valence-electron chi connectivity index (χ1n) is 6.65. The Balaban J connectivity index is 3.26. The molecule has 0 bridgehead atoms. The summed E-state index contributed by atoms with van der Waals surface area (Å²) < 4.78 is 0. The van der Waals surface area contributed by atoms with Crippen molar-refractivity contribution in [2.24, 2.45) is 0 Å². The maximum Gasteiger partial charge on any atom is 0.0773 e. The van der Waals surface area contributed by atoms with Gasteiger partial charge in [-0.3, -0.25) is 0 Å². The standard InChI is InChI=1S/C16H26Si2/c1-14-9-8-10-15(13-14)11-12-16(17(2,3)4)18(5,6)7/h8-11,13H,1-7H3. The molecule has 0 radical (unpaired) electrons. The predicted octanol–water partition coefficient (Wildman–Crippen LogP) is 5.29. The molecule has 0 aromatic heterocycles. The van der Waals surface area contributed by atoms with Gasteiger partial charge in [0.15, 0.2) is 0 Å². The summed E-state index contributed by atoms with van der Waals surface area (Å²) in [5.74, 6) is 0. The van der Waals surface area contributed by atoms with Gasteiger partial charge in [-0.2, -0.15) is 0 Å². The topological polar surface area (TPSA) is 0 Å². The summed E-state index contributed by atoms with van der Waals surface area (Å²) in [7, 11) is -2.51. The smallest absolute Gasteiger partial charge is 0.0773 e. The summed E-state index contributed by atoms with van der Waals surface area (Å²) >= 11 is 0. The fourth-order valence-corrected chi connectivity index (χ4v) is 12.5. The van der Waals surface area contributed by atoms with E-state index >= 15 is 0 Å². The van der Waals surface area contributed by atoms with Crippen molar-refractivity contribution in [3.05, 3.63) is 45.9 Å². The van der Waals surface area contributed by atoms with E-state index in [0.29, 0.717) is 0 Å². The fraction of sp³-hybridized carbons (Fsp3) is 0.438. The van der Waals surface area contributed by atoms with Gasteiger partial charge in [-0.05, 0) is 18.6 Å². The number of hydrogen-bond donors (Lipinski definition) is 0. The van der Waals surface area contributed by atoms with Crippen LogP contribution >= 0.6 is 0 Å². The Morgan fingerprint density at radius 3 is 2.00 bits per heavy atom. The monoisotopic (exact) mass is 274 g/mol. The van der Waals surface area contributed by atoms with E-state index in [4.69, 9.17) is 0 Å². The van der Waals surface area contributed by atoms with Crippen molar-refractivity contribution in [2.45, 2.75) is 46.2 Å². The number of rotatable bonds is 3. The second kappa shape index (κ2) is 5.44. The van der Waals surface area contributed by atoms with E-state index < -0.39 is 16.1 Å². The van der Waals surface area contributed by atoms with Crippen molar-refractivity contribution in [3.63, 3.8) is 0 Å². The maximum atomic E-state index is 3.66. The lowest BCUT2D eigenvalue weighted by Gasteiger charge is -2.29.